The van der Waals surface area contributed by atoms with E-state index >= 15 is 4.39 Å². The minimum Gasteiger partial charge on any atom is -0.396 e. The Morgan fingerprint density at radius 2 is 1.97 bits per heavy atom. The fourth-order valence-corrected chi connectivity index (χ4v) is 4.92. The first-order valence-corrected chi connectivity index (χ1v) is 10.2. The van der Waals surface area contributed by atoms with Crippen LogP contribution in [0.1, 0.15) is 43.7 Å². The van der Waals surface area contributed by atoms with Gasteiger partial charge in [0.1, 0.15) is 0 Å². The molecule has 0 bridgehead atoms. The normalized spacial score (nSPS) is 24.3. The second-order valence-corrected chi connectivity index (χ2v) is 8.91. The summed E-state index contributed by atoms with van der Waals surface area (Å²) in [6.07, 6.45) is 3.83. The maximum absolute atomic E-state index is 15.4. The van der Waals surface area contributed by atoms with Crippen LogP contribution in [0.5, 0.6) is 0 Å². The van der Waals surface area contributed by atoms with E-state index in [4.69, 9.17) is 11.5 Å². The third kappa shape index (κ3) is 2.71. The van der Waals surface area contributed by atoms with Crippen LogP contribution in [-0.4, -0.2) is 39.4 Å². The summed E-state index contributed by atoms with van der Waals surface area (Å²) in [5, 5.41) is 10.4. The highest BCUT2D eigenvalue weighted by atomic mass is 19.1. The van der Waals surface area contributed by atoms with E-state index < -0.39 is 22.7 Å². The number of rotatable bonds is 4. The van der Waals surface area contributed by atoms with Gasteiger partial charge in [0.15, 0.2) is 5.82 Å². The number of anilines is 2. The van der Waals surface area contributed by atoms with E-state index in [0.717, 1.165) is 19.3 Å². The van der Waals surface area contributed by atoms with Crippen molar-refractivity contribution in [2.75, 3.05) is 23.7 Å². The Morgan fingerprint density at radius 3 is 2.59 bits per heavy atom. The van der Waals surface area contributed by atoms with Crippen molar-refractivity contribution < 1.29 is 9.50 Å². The van der Waals surface area contributed by atoms with Crippen LogP contribution in [0.2, 0.25) is 0 Å². The molecule has 0 spiro atoms. The van der Waals surface area contributed by atoms with Gasteiger partial charge in [-0.05, 0) is 44.9 Å². The molecule has 2 heterocycles. The number of hydrogen-bond donors (Lipinski definition) is 4. The molecule has 6 N–H and O–H groups in total. The molecule has 3 fully saturated rings. The molecule has 2 atom stereocenters. The lowest BCUT2D eigenvalue weighted by molar-refractivity contribution is 0.0968. The van der Waals surface area contributed by atoms with Gasteiger partial charge in [-0.15, -0.1) is 0 Å². The number of nitrogens with two attached hydrogens (primary N) is 2. The quantitative estimate of drug-likeness (QED) is 0.557. The molecule has 1 aliphatic heterocycles. The maximum atomic E-state index is 15.4. The summed E-state index contributed by atoms with van der Waals surface area (Å²) in [5.41, 5.74) is 11.5. The zero-order chi connectivity index (χ0) is 20.7. The highest BCUT2D eigenvalue weighted by Crippen LogP contribution is 2.44. The predicted octanol–water partition coefficient (Wildman–Crippen LogP) is 0.733. The number of aromatic amines is 1. The number of nitrogen functional groups attached to an aromatic ring is 1. The monoisotopic (exact) mass is 403 g/mol. The topological polar surface area (TPSA) is 130 Å². The summed E-state index contributed by atoms with van der Waals surface area (Å²) in [4.78, 5) is 29.1. The number of aliphatic hydroxyl groups is 1. The molecule has 1 aromatic heterocycles. The predicted molar refractivity (Wildman–Crippen MR) is 109 cm³/mol. The SMILES string of the molecule is Cc1c(N2CCC(C(N)C3(O)CC3)C2)c(F)c(N)c2c(=O)[nH]c(=O)n(C3CC3)c12. The number of nitrogens with zero attached hydrogens (tertiary/aromatic N) is 2. The van der Waals surface area contributed by atoms with Gasteiger partial charge in [0.05, 0.1) is 27.9 Å². The Morgan fingerprint density at radius 1 is 1.28 bits per heavy atom. The Hall–Kier alpha value is -2.39. The molecule has 1 aromatic carbocycles. The van der Waals surface area contributed by atoms with Crippen molar-refractivity contribution in [2.24, 2.45) is 11.7 Å². The molecule has 2 saturated carbocycles. The number of benzene rings is 1. The van der Waals surface area contributed by atoms with Crippen LogP contribution in [0.3, 0.4) is 0 Å². The van der Waals surface area contributed by atoms with Gasteiger partial charge in [-0.1, -0.05) is 0 Å². The third-order valence-electron chi connectivity index (χ3n) is 6.91. The van der Waals surface area contributed by atoms with Crippen LogP contribution in [0.25, 0.3) is 10.9 Å². The van der Waals surface area contributed by atoms with E-state index in [0.29, 0.717) is 42.7 Å². The Labute approximate surface area is 166 Å². The summed E-state index contributed by atoms with van der Waals surface area (Å²) in [6.45, 7) is 2.82. The van der Waals surface area contributed by atoms with Crippen molar-refractivity contribution in [1.82, 2.24) is 9.55 Å². The average Bonchev–Trinajstić information content (AvgIpc) is 3.59. The molecular weight excluding hydrogens is 377 g/mol. The third-order valence-corrected chi connectivity index (χ3v) is 6.91. The summed E-state index contributed by atoms with van der Waals surface area (Å²) in [6, 6.07) is -0.344. The fourth-order valence-electron chi connectivity index (χ4n) is 4.92. The van der Waals surface area contributed by atoms with Crippen molar-refractivity contribution in [3.8, 4) is 0 Å². The van der Waals surface area contributed by atoms with Crippen molar-refractivity contribution in [2.45, 2.75) is 56.7 Å². The van der Waals surface area contributed by atoms with Crippen LogP contribution < -0.4 is 27.6 Å². The number of halogens is 1. The molecule has 156 valence electrons. The average molecular weight is 403 g/mol. The van der Waals surface area contributed by atoms with Gasteiger partial charge in [-0.2, -0.15) is 0 Å². The fraction of sp³-hybridized carbons (Fsp3) is 0.600. The first-order valence-electron chi connectivity index (χ1n) is 10.2. The smallest absolute Gasteiger partial charge is 0.329 e. The van der Waals surface area contributed by atoms with E-state index in [-0.39, 0.29) is 29.1 Å². The Kier molecular flexibility index (Phi) is 3.89. The summed E-state index contributed by atoms with van der Waals surface area (Å²) < 4.78 is 16.9. The number of nitrogens with one attached hydrogen (secondary N) is 1. The van der Waals surface area contributed by atoms with Gasteiger partial charge in [-0.25, -0.2) is 9.18 Å². The zero-order valence-corrected chi connectivity index (χ0v) is 16.4. The molecular formula is C20H26FN5O3. The molecule has 1 saturated heterocycles. The molecule has 5 rings (SSSR count). The number of aromatic nitrogens is 2. The molecule has 2 aliphatic carbocycles. The van der Waals surface area contributed by atoms with Crippen molar-refractivity contribution >= 4 is 22.3 Å². The van der Waals surface area contributed by atoms with Gasteiger partial charge in [0.25, 0.3) is 5.56 Å². The lowest BCUT2D eigenvalue weighted by Gasteiger charge is -2.27. The van der Waals surface area contributed by atoms with Crippen LogP contribution in [-0.2, 0) is 0 Å². The maximum Gasteiger partial charge on any atom is 0.329 e. The van der Waals surface area contributed by atoms with Crippen molar-refractivity contribution in [1.29, 1.82) is 0 Å². The second-order valence-electron chi connectivity index (χ2n) is 8.91. The van der Waals surface area contributed by atoms with Crippen LogP contribution in [0, 0.1) is 18.7 Å². The van der Waals surface area contributed by atoms with Gasteiger partial charge < -0.3 is 21.5 Å². The number of aryl methyl sites for hydroxylation is 1. The van der Waals surface area contributed by atoms with Gasteiger partial charge >= 0.3 is 5.69 Å². The molecule has 2 aromatic rings. The minimum absolute atomic E-state index is 0.00197. The largest absolute Gasteiger partial charge is 0.396 e. The van der Waals surface area contributed by atoms with E-state index in [9.17, 15) is 14.7 Å². The van der Waals surface area contributed by atoms with Gasteiger partial charge in [-0.3, -0.25) is 14.3 Å². The number of H-pyrrole nitrogens is 1. The first-order chi connectivity index (χ1) is 13.7. The second kappa shape index (κ2) is 6.06. The molecule has 29 heavy (non-hydrogen) atoms. The standard InChI is InChI=1S/C20H26FN5O3/c1-9-15-12(18(27)24-19(28)26(15)11-2-3-11)14(22)13(21)16(9)25-7-4-10(8-25)17(23)20(29)5-6-20/h10-11,17,29H,2-8,22-23H2,1H3,(H,24,27,28). The Bertz CT molecular complexity index is 1130. The van der Waals surface area contributed by atoms with E-state index in [1.807, 2.05) is 4.90 Å². The van der Waals surface area contributed by atoms with E-state index in [1.165, 1.54) is 0 Å². The number of hydrogen-bond acceptors (Lipinski definition) is 6. The lowest BCUT2D eigenvalue weighted by Crippen LogP contribution is -2.44. The van der Waals surface area contributed by atoms with Gasteiger partial charge in [0.2, 0.25) is 0 Å². The highest BCUT2D eigenvalue weighted by Gasteiger charge is 2.50. The zero-order valence-electron chi connectivity index (χ0n) is 16.4. The van der Waals surface area contributed by atoms with Crippen LogP contribution in [0.15, 0.2) is 9.59 Å². The molecule has 3 aliphatic rings. The number of fused-ring (bicyclic) bond motifs is 1. The summed E-state index contributed by atoms with van der Waals surface area (Å²) in [5.74, 6) is -0.594. The van der Waals surface area contributed by atoms with E-state index in [2.05, 4.69) is 4.98 Å². The molecule has 2 unspecified atom stereocenters. The van der Waals surface area contributed by atoms with Gasteiger partial charge in [0, 0.05) is 30.7 Å². The minimum atomic E-state index is -0.795. The highest BCUT2D eigenvalue weighted by molar-refractivity contribution is 5.97. The van der Waals surface area contributed by atoms with Crippen LogP contribution in [0.4, 0.5) is 15.8 Å². The van der Waals surface area contributed by atoms with Crippen molar-refractivity contribution in [3.63, 3.8) is 0 Å². The lowest BCUT2D eigenvalue weighted by atomic mass is 9.93. The van der Waals surface area contributed by atoms with Crippen molar-refractivity contribution in [3.05, 3.63) is 32.2 Å². The summed E-state index contributed by atoms with van der Waals surface area (Å²) in [7, 11) is 0. The van der Waals surface area contributed by atoms with E-state index in [1.54, 1.807) is 11.5 Å². The molecule has 0 radical (unpaired) electrons. The summed E-state index contributed by atoms with van der Waals surface area (Å²) >= 11 is 0. The van der Waals surface area contributed by atoms with Crippen LogP contribution >= 0.6 is 0 Å². The molecule has 0 amide bonds. The molecule has 9 heteroatoms. The first kappa shape index (κ1) is 18.6. The Balaban J connectivity index is 1.64. The molecule has 8 nitrogen and oxygen atoms in total.